The van der Waals surface area contributed by atoms with Crippen LogP contribution in [0.15, 0.2) is 70.8 Å². The van der Waals surface area contributed by atoms with E-state index in [4.69, 9.17) is 4.74 Å². The third-order valence-electron chi connectivity index (χ3n) is 3.93. The predicted molar refractivity (Wildman–Crippen MR) is 101 cm³/mol. The molecule has 6 heteroatoms. The van der Waals surface area contributed by atoms with Crippen LogP contribution < -0.4 is 10.3 Å². The molecule has 0 aliphatic carbocycles. The zero-order valence-corrected chi connectivity index (χ0v) is 14.5. The van der Waals surface area contributed by atoms with Crippen molar-refractivity contribution in [3.63, 3.8) is 0 Å². The van der Waals surface area contributed by atoms with E-state index >= 15 is 0 Å². The van der Waals surface area contributed by atoms with Gasteiger partial charge in [0, 0.05) is 17.0 Å². The van der Waals surface area contributed by atoms with Crippen LogP contribution in [-0.2, 0) is 6.61 Å². The first-order chi connectivity index (χ1) is 12.7. The second-order valence-corrected chi connectivity index (χ2v) is 6.50. The van der Waals surface area contributed by atoms with Crippen LogP contribution in [-0.4, -0.2) is 15.7 Å². The maximum absolute atomic E-state index is 12.6. The fraction of sp³-hybridized carbons (Fsp3) is 0.0500. The molecule has 4 aromatic rings. The van der Waals surface area contributed by atoms with Crippen LogP contribution in [0.2, 0.25) is 0 Å². The molecule has 4 rings (SSSR count). The highest BCUT2D eigenvalue weighted by Crippen LogP contribution is 2.24. The van der Waals surface area contributed by atoms with E-state index in [0.717, 1.165) is 17.5 Å². The lowest BCUT2D eigenvalue weighted by atomic mass is 10.2. The summed E-state index contributed by atoms with van der Waals surface area (Å²) in [6.07, 6.45) is 0.779. The molecule has 2 aromatic heterocycles. The Morgan fingerprint density at radius 1 is 1.08 bits per heavy atom. The maximum Gasteiger partial charge on any atom is 0.259 e. The van der Waals surface area contributed by atoms with Gasteiger partial charge in [0.2, 0.25) is 0 Å². The van der Waals surface area contributed by atoms with Crippen molar-refractivity contribution in [2.24, 2.45) is 0 Å². The number of hydrogen-bond donors (Lipinski definition) is 0. The fourth-order valence-electron chi connectivity index (χ4n) is 2.65. The summed E-state index contributed by atoms with van der Waals surface area (Å²) in [6.45, 7) is 0.185. The Balaban J connectivity index is 1.61. The molecule has 0 bridgehead atoms. The van der Waals surface area contributed by atoms with Crippen molar-refractivity contribution >= 4 is 22.6 Å². The van der Waals surface area contributed by atoms with E-state index in [1.807, 2.05) is 35.7 Å². The zero-order chi connectivity index (χ0) is 17.9. The molecule has 0 unspecified atom stereocenters. The Morgan fingerprint density at radius 2 is 1.85 bits per heavy atom. The first-order valence-corrected chi connectivity index (χ1v) is 8.86. The first kappa shape index (κ1) is 16.2. The Labute approximate surface area is 153 Å². The average molecular weight is 362 g/mol. The minimum atomic E-state index is -0.134. The van der Waals surface area contributed by atoms with E-state index in [9.17, 15) is 9.59 Å². The number of nitrogens with zero attached hydrogens (tertiary/aromatic N) is 2. The van der Waals surface area contributed by atoms with Crippen LogP contribution in [0.25, 0.3) is 16.2 Å². The minimum Gasteiger partial charge on any atom is -0.487 e. The van der Waals surface area contributed by atoms with Crippen molar-refractivity contribution < 1.29 is 9.53 Å². The molecular weight excluding hydrogens is 348 g/mol. The molecule has 5 nitrogen and oxygen atoms in total. The van der Waals surface area contributed by atoms with Gasteiger partial charge in [0.05, 0.1) is 11.4 Å². The van der Waals surface area contributed by atoms with Crippen LogP contribution in [0, 0.1) is 0 Å². The second kappa shape index (κ2) is 6.93. The van der Waals surface area contributed by atoms with Crippen molar-refractivity contribution in [3.05, 3.63) is 87.7 Å². The topological polar surface area (TPSA) is 60.7 Å². The van der Waals surface area contributed by atoms with Gasteiger partial charge in [0.15, 0.2) is 4.96 Å². The molecule has 128 valence electrons. The monoisotopic (exact) mass is 362 g/mol. The molecule has 2 aromatic carbocycles. The molecular formula is C20H14N2O3S. The van der Waals surface area contributed by atoms with Crippen LogP contribution in [0.5, 0.6) is 5.75 Å². The fourth-order valence-corrected chi connectivity index (χ4v) is 3.57. The number of benzene rings is 2. The number of thiazole rings is 1. The SMILES string of the molecule is O=Cc1ccc(OCc2cc(=O)n3c(-c4ccccc4)csc3n2)cc1. The van der Waals surface area contributed by atoms with Crippen LogP contribution in [0.1, 0.15) is 16.1 Å². The summed E-state index contributed by atoms with van der Waals surface area (Å²) in [5.74, 6) is 0.619. The maximum atomic E-state index is 12.6. The summed E-state index contributed by atoms with van der Waals surface area (Å²) >= 11 is 1.42. The summed E-state index contributed by atoms with van der Waals surface area (Å²) in [6, 6.07) is 18.0. The lowest BCUT2D eigenvalue weighted by molar-refractivity contribution is 0.112. The molecule has 2 heterocycles. The van der Waals surface area contributed by atoms with Gasteiger partial charge in [-0.25, -0.2) is 4.98 Å². The van der Waals surface area contributed by atoms with Crippen molar-refractivity contribution in [3.8, 4) is 17.0 Å². The number of hydrogen-bond acceptors (Lipinski definition) is 5. The molecule has 0 saturated carbocycles. The number of aldehydes is 1. The Hall–Kier alpha value is -3.25. The van der Waals surface area contributed by atoms with Crippen molar-refractivity contribution in [2.75, 3.05) is 0 Å². The summed E-state index contributed by atoms with van der Waals surface area (Å²) in [5.41, 5.74) is 2.82. The highest BCUT2D eigenvalue weighted by atomic mass is 32.1. The van der Waals surface area contributed by atoms with E-state index in [1.165, 1.54) is 17.4 Å². The van der Waals surface area contributed by atoms with Gasteiger partial charge in [-0.05, 0) is 29.8 Å². The molecule has 0 N–H and O–H groups in total. The van der Waals surface area contributed by atoms with Gasteiger partial charge in [0.25, 0.3) is 5.56 Å². The molecule has 0 saturated heterocycles. The quantitative estimate of drug-likeness (QED) is 0.507. The van der Waals surface area contributed by atoms with Gasteiger partial charge in [0.1, 0.15) is 18.6 Å². The van der Waals surface area contributed by atoms with E-state index in [-0.39, 0.29) is 12.2 Å². The Morgan fingerprint density at radius 3 is 2.58 bits per heavy atom. The number of carbonyl (C=O) groups excluding carboxylic acids is 1. The zero-order valence-electron chi connectivity index (χ0n) is 13.7. The Bertz CT molecular complexity index is 1120. The van der Waals surface area contributed by atoms with Gasteiger partial charge >= 0.3 is 0 Å². The first-order valence-electron chi connectivity index (χ1n) is 7.98. The van der Waals surface area contributed by atoms with Crippen molar-refractivity contribution in [2.45, 2.75) is 6.61 Å². The molecule has 0 radical (unpaired) electrons. The smallest absolute Gasteiger partial charge is 0.259 e. The van der Waals surface area contributed by atoms with Crippen molar-refractivity contribution in [1.29, 1.82) is 0 Å². The number of rotatable bonds is 5. The normalized spacial score (nSPS) is 10.8. The summed E-state index contributed by atoms with van der Waals surface area (Å²) in [4.78, 5) is 28.4. The van der Waals surface area contributed by atoms with E-state index < -0.39 is 0 Å². The number of carbonyl (C=O) groups is 1. The largest absolute Gasteiger partial charge is 0.487 e. The van der Waals surface area contributed by atoms with Crippen molar-refractivity contribution in [1.82, 2.24) is 9.38 Å². The lowest BCUT2D eigenvalue weighted by Gasteiger charge is -2.06. The van der Waals surface area contributed by atoms with Crippen LogP contribution in [0.3, 0.4) is 0 Å². The van der Waals surface area contributed by atoms with Gasteiger partial charge in [-0.15, -0.1) is 11.3 Å². The summed E-state index contributed by atoms with van der Waals surface area (Å²) in [7, 11) is 0. The highest BCUT2D eigenvalue weighted by Gasteiger charge is 2.11. The van der Waals surface area contributed by atoms with E-state index in [0.29, 0.717) is 22.0 Å². The van der Waals surface area contributed by atoms with Gasteiger partial charge in [-0.1, -0.05) is 30.3 Å². The van der Waals surface area contributed by atoms with Gasteiger partial charge in [-0.3, -0.25) is 14.0 Å². The third kappa shape index (κ3) is 3.14. The standard InChI is InChI=1S/C20H14N2O3S/c23-11-14-6-8-17(9-7-14)25-12-16-10-19(24)22-18(13-26-20(22)21-16)15-4-2-1-3-5-15/h1-11,13H,12H2. The average Bonchev–Trinajstić information content (AvgIpc) is 3.12. The summed E-state index contributed by atoms with van der Waals surface area (Å²) in [5, 5.41) is 1.93. The predicted octanol–water partition coefficient (Wildman–Crippen LogP) is 3.81. The lowest BCUT2D eigenvalue weighted by Crippen LogP contribution is -2.15. The molecule has 0 aliphatic rings. The number of ether oxygens (including phenoxy) is 1. The number of fused-ring (bicyclic) bond motifs is 1. The molecule has 0 spiro atoms. The minimum absolute atomic E-state index is 0.134. The van der Waals surface area contributed by atoms with E-state index in [1.54, 1.807) is 28.7 Å². The Kier molecular flexibility index (Phi) is 4.33. The molecule has 0 fully saturated rings. The van der Waals surface area contributed by atoms with Gasteiger partial charge in [-0.2, -0.15) is 0 Å². The molecule has 26 heavy (non-hydrogen) atoms. The summed E-state index contributed by atoms with van der Waals surface area (Å²) < 4.78 is 7.28. The molecule has 0 amide bonds. The molecule has 0 atom stereocenters. The van der Waals surface area contributed by atoms with Gasteiger partial charge < -0.3 is 4.74 Å². The molecule has 0 aliphatic heterocycles. The number of aromatic nitrogens is 2. The second-order valence-electron chi connectivity index (χ2n) is 5.67. The van der Waals surface area contributed by atoms with Crippen LogP contribution in [0.4, 0.5) is 0 Å². The third-order valence-corrected chi connectivity index (χ3v) is 4.76. The van der Waals surface area contributed by atoms with E-state index in [2.05, 4.69) is 4.98 Å². The highest BCUT2D eigenvalue weighted by molar-refractivity contribution is 7.15. The van der Waals surface area contributed by atoms with Crippen LogP contribution >= 0.6 is 11.3 Å².